The molecule has 3 aromatic carbocycles. The zero-order valence-electron chi connectivity index (χ0n) is 17.0. The molecule has 0 aliphatic heterocycles. The smallest absolute Gasteiger partial charge is 0.0619 e. The highest BCUT2D eigenvalue weighted by molar-refractivity contribution is 7.97. The zero-order chi connectivity index (χ0) is 19.3. The van der Waals surface area contributed by atoms with Gasteiger partial charge in [0.1, 0.15) is 0 Å². The van der Waals surface area contributed by atoms with Crippen molar-refractivity contribution in [3.05, 3.63) is 90.5 Å². The maximum atomic E-state index is 2.49. The van der Waals surface area contributed by atoms with Crippen molar-refractivity contribution in [2.45, 2.75) is 58.6 Å². The van der Waals surface area contributed by atoms with Gasteiger partial charge in [0.15, 0.2) is 14.7 Å². The maximum absolute atomic E-state index is 2.49. The van der Waals surface area contributed by atoms with E-state index in [9.17, 15) is 0 Å². The van der Waals surface area contributed by atoms with E-state index in [0.29, 0.717) is 5.41 Å². The molecule has 0 unspecified atom stereocenters. The highest BCUT2D eigenvalue weighted by Crippen LogP contribution is 2.60. The molecule has 4 aliphatic carbocycles. The molecule has 29 heavy (non-hydrogen) atoms. The third kappa shape index (κ3) is 3.15. The van der Waals surface area contributed by atoms with Crippen LogP contribution in [-0.2, 0) is 16.3 Å². The Hall–Kier alpha value is -1.99. The quantitative estimate of drug-likeness (QED) is 0.407. The van der Waals surface area contributed by atoms with Gasteiger partial charge in [-0.05, 0) is 104 Å². The molecule has 0 aromatic heterocycles. The summed E-state index contributed by atoms with van der Waals surface area (Å²) in [5.74, 6) is 3.01. The van der Waals surface area contributed by atoms with Crippen LogP contribution in [0.25, 0.3) is 0 Å². The van der Waals surface area contributed by atoms with Crippen LogP contribution in [0.3, 0.4) is 0 Å². The number of rotatable bonds is 4. The van der Waals surface area contributed by atoms with Gasteiger partial charge in [-0.15, -0.1) is 0 Å². The van der Waals surface area contributed by atoms with Gasteiger partial charge in [-0.3, -0.25) is 0 Å². The highest BCUT2D eigenvalue weighted by atomic mass is 32.2. The Morgan fingerprint density at radius 2 is 0.931 bits per heavy atom. The first-order chi connectivity index (χ1) is 14.3. The third-order valence-corrected chi connectivity index (χ3v) is 9.93. The summed E-state index contributed by atoms with van der Waals surface area (Å²) in [7, 11) is -0.0346. The molecule has 0 heterocycles. The van der Waals surface area contributed by atoms with Crippen LogP contribution in [0.2, 0.25) is 0 Å². The molecule has 0 N–H and O–H groups in total. The molecule has 0 atom stereocenters. The van der Waals surface area contributed by atoms with Crippen LogP contribution >= 0.6 is 0 Å². The van der Waals surface area contributed by atoms with Gasteiger partial charge in [-0.2, -0.15) is 0 Å². The van der Waals surface area contributed by atoms with Gasteiger partial charge in [0.25, 0.3) is 0 Å². The monoisotopic (exact) mass is 397 g/mol. The maximum Gasteiger partial charge on any atom is 0.166 e. The lowest BCUT2D eigenvalue weighted by Gasteiger charge is -2.57. The average Bonchev–Trinajstić information content (AvgIpc) is 2.75. The van der Waals surface area contributed by atoms with Crippen LogP contribution in [0.1, 0.15) is 44.1 Å². The summed E-state index contributed by atoms with van der Waals surface area (Å²) in [5, 5.41) is 0. The lowest BCUT2D eigenvalue weighted by atomic mass is 9.48. The predicted octanol–water partition coefficient (Wildman–Crippen LogP) is 7.25. The highest BCUT2D eigenvalue weighted by Gasteiger charge is 2.51. The van der Waals surface area contributed by atoms with Crippen molar-refractivity contribution < 1.29 is 0 Å². The van der Waals surface area contributed by atoms with Crippen molar-refractivity contribution in [2.75, 3.05) is 0 Å². The van der Waals surface area contributed by atoms with Crippen molar-refractivity contribution in [1.82, 2.24) is 0 Å². The Bertz CT molecular complexity index is 899. The molecule has 0 spiro atoms. The van der Waals surface area contributed by atoms with E-state index in [1.54, 1.807) is 5.56 Å². The van der Waals surface area contributed by atoms with E-state index in [2.05, 4.69) is 84.9 Å². The van der Waals surface area contributed by atoms with Gasteiger partial charge in [0.2, 0.25) is 0 Å². The number of hydrogen-bond donors (Lipinski definition) is 0. The number of benzene rings is 3. The van der Waals surface area contributed by atoms with E-state index in [0.717, 1.165) is 17.8 Å². The lowest BCUT2D eigenvalue weighted by Crippen LogP contribution is -2.48. The minimum atomic E-state index is -0.0346. The van der Waals surface area contributed by atoms with E-state index in [1.165, 1.54) is 53.2 Å². The van der Waals surface area contributed by atoms with Gasteiger partial charge in [-0.1, -0.05) is 48.5 Å². The van der Waals surface area contributed by atoms with E-state index >= 15 is 0 Å². The molecule has 0 nitrogen and oxygen atoms in total. The summed E-state index contributed by atoms with van der Waals surface area (Å²) >= 11 is 0. The first-order valence-electron chi connectivity index (χ1n) is 11.2. The zero-order valence-corrected chi connectivity index (χ0v) is 17.8. The van der Waals surface area contributed by atoms with Crippen LogP contribution in [0, 0.1) is 17.8 Å². The molecule has 0 saturated heterocycles. The minimum Gasteiger partial charge on any atom is -0.0619 e. The van der Waals surface area contributed by atoms with E-state index in [1.807, 2.05) is 0 Å². The second-order valence-electron chi connectivity index (χ2n) is 9.65. The third-order valence-electron chi connectivity index (χ3n) is 7.70. The van der Waals surface area contributed by atoms with Crippen LogP contribution in [-0.4, -0.2) is 0 Å². The molecule has 7 rings (SSSR count). The van der Waals surface area contributed by atoms with Crippen molar-refractivity contribution in [1.29, 1.82) is 0 Å². The summed E-state index contributed by atoms with van der Waals surface area (Å²) in [6, 6.07) is 31.9. The van der Waals surface area contributed by atoms with E-state index in [-0.39, 0.29) is 10.9 Å². The SMILES string of the molecule is c1ccc([S+](c2ccccc2)c2ccc(C34CC5CC(CC(C5)C3)C4)cc2)cc1. The molecule has 146 valence electrons. The summed E-state index contributed by atoms with van der Waals surface area (Å²) in [6.45, 7) is 0. The van der Waals surface area contributed by atoms with Gasteiger partial charge in [-0.25, -0.2) is 0 Å². The molecule has 3 aromatic rings. The van der Waals surface area contributed by atoms with Gasteiger partial charge in [0, 0.05) is 0 Å². The van der Waals surface area contributed by atoms with Crippen molar-refractivity contribution in [3.63, 3.8) is 0 Å². The van der Waals surface area contributed by atoms with Crippen molar-refractivity contribution in [3.8, 4) is 0 Å². The fourth-order valence-electron chi connectivity index (χ4n) is 6.93. The fraction of sp³-hybridized carbons (Fsp3) is 0.357. The summed E-state index contributed by atoms with van der Waals surface area (Å²) in [6.07, 6.45) is 8.89. The average molecular weight is 398 g/mol. The molecule has 0 amide bonds. The number of hydrogen-bond acceptors (Lipinski definition) is 0. The largest absolute Gasteiger partial charge is 0.166 e. The van der Waals surface area contributed by atoms with Crippen LogP contribution in [0.4, 0.5) is 0 Å². The molecule has 1 heteroatoms. The molecule has 4 bridgehead atoms. The Morgan fingerprint density at radius 3 is 1.38 bits per heavy atom. The molecule has 4 saturated carbocycles. The second kappa shape index (κ2) is 7.06. The van der Waals surface area contributed by atoms with Gasteiger partial charge < -0.3 is 0 Å². The van der Waals surface area contributed by atoms with Gasteiger partial charge in [0.05, 0.1) is 10.9 Å². The van der Waals surface area contributed by atoms with Crippen LogP contribution in [0.5, 0.6) is 0 Å². The molecular formula is C28H29S+. The normalized spacial score (nSPS) is 30.0. The Balaban J connectivity index is 1.37. The standard InChI is InChI=1S/C28H29S/c1-3-7-25(8-4-1)29(26-9-5-2-6-10-26)27-13-11-24(12-14-27)28-18-21-15-22(19-28)17-23(16-21)20-28/h1-14,21-23H,15-20H2/q+1. The van der Waals surface area contributed by atoms with Gasteiger partial charge >= 0.3 is 0 Å². The molecule has 0 radical (unpaired) electrons. The molecule has 4 fully saturated rings. The van der Waals surface area contributed by atoms with E-state index < -0.39 is 0 Å². The Kier molecular flexibility index (Phi) is 4.34. The van der Waals surface area contributed by atoms with Crippen LogP contribution < -0.4 is 0 Å². The Labute approximate surface area is 177 Å². The van der Waals surface area contributed by atoms with E-state index in [4.69, 9.17) is 0 Å². The minimum absolute atomic E-state index is 0.0346. The lowest BCUT2D eigenvalue weighted by molar-refractivity contribution is -0.00520. The molecular weight excluding hydrogens is 368 g/mol. The molecule has 4 aliphatic rings. The second-order valence-corrected chi connectivity index (χ2v) is 11.7. The first-order valence-corrected chi connectivity index (χ1v) is 12.5. The van der Waals surface area contributed by atoms with Crippen molar-refractivity contribution >= 4 is 10.9 Å². The summed E-state index contributed by atoms with van der Waals surface area (Å²) < 4.78 is 0. The Morgan fingerprint density at radius 1 is 0.517 bits per heavy atom. The topological polar surface area (TPSA) is 0 Å². The van der Waals surface area contributed by atoms with Crippen molar-refractivity contribution in [2.24, 2.45) is 17.8 Å². The predicted molar refractivity (Wildman–Crippen MR) is 121 cm³/mol. The first kappa shape index (κ1) is 17.8. The van der Waals surface area contributed by atoms with Crippen LogP contribution in [0.15, 0.2) is 99.6 Å². The summed E-state index contributed by atoms with van der Waals surface area (Å²) in [5.41, 5.74) is 2.12. The summed E-state index contributed by atoms with van der Waals surface area (Å²) in [4.78, 5) is 4.25. The fourth-order valence-corrected chi connectivity index (χ4v) is 9.01.